The van der Waals surface area contributed by atoms with Crippen molar-refractivity contribution < 1.29 is 14.3 Å². The Hall–Kier alpha value is -1.88. The van der Waals surface area contributed by atoms with Gasteiger partial charge < -0.3 is 10.5 Å². The lowest BCUT2D eigenvalue weighted by atomic mass is 10.1. The van der Waals surface area contributed by atoms with Gasteiger partial charge in [-0.25, -0.2) is 4.90 Å². The van der Waals surface area contributed by atoms with E-state index in [1.54, 1.807) is 12.1 Å². The molecule has 2 rings (SSSR count). The molecule has 1 fully saturated rings. The third-order valence-electron chi connectivity index (χ3n) is 2.37. The highest BCUT2D eigenvalue weighted by atomic mass is 16.5. The van der Waals surface area contributed by atoms with Crippen molar-refractivity contribution in [2.45, 2.75) is 6.92 Å². The summed E-state index contributed by atoms with van der Waals surface area (Å²) in [5, 5.41) is 0. The monoisotopic (exact) mass is 220 g/mol. The first-order valence-corrected chi connectivity index (χ1v) is 4.89. The zero-order valence-electron chi connectivity index (χ0n) is 8.90. The molecule has 1 aliphatic rings. The van der Waals surface area contributed by atoms with Gasteiger partial charge in [0.05, 0.1) is 11.4 Å². The molecule has 0 aromatic heterocycles. The molecule has 0 bridgehead atoms. The predicted molar refractivity (Wildman–Crippen MR) is 58.9 cm³/mol. The van der Waals surface area contributed by atoms with E-state index in [0.717, 1.165) is 10.5 Å². The number of benzene rings is 1. The summed E-state index contributed by atoms with van der Waals surface area (Å²) in [5.41, 5.74) is 7.62. The molecule has 2 amide bonds. The number of morpholine rings is 1. The summed E-state index contributed by atoms with van der Waals surface area (Å²) >= 11 is 0. The molecule has 5 heteroatoms. The van der Waals surface area contributed by atoms with Crippen LogP contribution in [0, 0.1) is 6.92 Å². The number of nitrogens with two attached hydrogens (primary N) is 1. The number of ether oxygens (including phenoxy) is 1. The topological polar surface area (TPSA) is 72.6 Å². The summed E-state index contributed by atoms with van der Waals surface area (Å²) in [6.45, 7) is 1.72. The molecule has 1 saturated heterocycles. The maximum Gasteiger partial charge on any atom is 0.259 e. The summed E-state index contributed by atoms with van der Waals surface area (Å²) in [7, 11) is 0. The minimum atomic E-state index is -0.383. The van der Waals surface area contributed by atoms with E-state index in [9.17, 15) is 9.59 Å². The minimum absolute atomic E-state index is 0.0843. The van der Waals surface area contributed by atoms with E-state index in [1.807, 2.05) is 13.0 Å². The Balaban J connectivity index is 2.42. The number of rotatable bonds is 1. The maximum atomic E-state index is 11.6. The largest absolute Gasteiger partial charge is 0.397 e. The first-order valence-electron chi connectivity index (χ1n) is 4.89. The van der Waals surface area contributed by atoms with Crippen molar-refractivity contribution in [2.24, 2.45) is 0 Å². The fourth-order valence-corrected chi connectivity index (χ4v) is 1.64. The number of imide groups is 1. The molecule has 0 radical (unpaired) electrons. The van der Waals surface area contributed by atoms with Crippen LogP contribution < -0.4 is 10.6 Å². The van der Waals surface area contributed by atoms with Crippen LogP contribution in [0.5, 0.6) is 0 Å². The van der Waals surface area contributed by atoms with E-state index < -0.39 is 0 Å². The van der Waals surface area contributed by atoms with Crippen LogP contribution in [0.4, 0.5) is 11.4 Å². The first kappa shape index (κ1) is 10.6. The van der Waals surface area contributed by atoms with Crippen LogP contribution in [-0.4, -0.2) is 25.0 Å². The molecule has 1 aromatic rings. The van der Waals surface area contributed by atoms with Gasteiger partial charge in [-0.1, -0.05) is 6.07 Å². The Bertz CT molecular complexity index is 441. The highest BCUT2D eigenvalue weighted by molar-refractivity contribution is 6.18. The predicted octanol–water partition coefficient (Wildman–Crippen LogP) is 0.467. The maximum absolute atomic E-state index is 11.6. The van der Waals surface area contributed by atoms with Gasteiger partial charge in [0, 0.05) is 0 Å². The lowest BCUT2D eigenvalue weighted by molar-refractivity contribution is -0.138. The van der Waals surface area contributed by atoms with E-state index in [1.165, 1.54) is 0 Å². The van der Waals surface area contributed by atoms with Gasteiger partial charge in [0.1, 0.15) is 13.2 Å². The van der Waals surface area contributed by atoms with Gasteiger partial charge >= 0.3 is 0 Å². The smallest absolute Gasteiger partial charge is 0.259 e. The molecule has 0 atom stereocenters. The molecular formula is C11H12N2O3. The second kappa shape index (κ2) is 3.94. The molecule has 2 N–H and O–H groups in total. The average molecular weight is 220 g/mol. The zero-order valence-corrected chi connectivity index (χ0v) is 8.90. The van der Waals surface area contributed by atoms with E-state index in [4.69, 9.17) is 10.5 Å². The molecule has 0 aliphatic carbocycles. The molecule has 16 heavy (non-hydrogen) atoms. The third kappa shape index (κ3) is 1.77. The number of carbonyl (C=O) groups is 2. The van der Waals surface area contributed by atoms with Crippen molar-refractivity contribution >= 4 is 23.2 Å². The molecule has 5 nitrogen and oxygen atoms in total. The lowest BCUT2D eigenvalue weighted by Crippen LogP contribution is -2.46. The average Bonchev–Trinajstić information content (AvgIpc) is 2.20. The summed E-state index contributed by atoms with van der Waals surface area (Å²) in [4.78, 5) is 24.2. The van der Waals surface area contributed by atoms with Crippen molar-refractivity contribution in [1.29, 1.82) is 0 Å². The second-order valence-electron chi connectivity index (χ2n) is 3.68. The Morgan fingerprint density at radius 3 is 2.44 bits per heavy atom. The molecule has 1 heterocycles. The van der Waals surface area contributed by atoms with Gasteiger partial charge in [-0.15, -0.1) is 0 Å². The molecule has 0 unspecified atom stereocenters. The number of carbonyl (C=O) groups excluding carboxylic acids is 2. The number of aryl methyl sites for hydroxylation is 1. The van der Waals surface area contributed by atoms with Gasteiger partial charge in [-0.3, -0.25) is 9.59 Å². The van der Waals surface area contributed by atoms with Crippen LogP contribution in [0.2, 0.25) is 0 Å². The standard InChI is InChI=1S/C11H12N2O3/c1-7-2-3-9(8(12)4-7)13-10(14)5-16-6-11(13)15/h2-4H,5-6,12H2,1H3. The van der Waals surface area contributed by atoms with Crippen LogP contribution in [0.25, 0.3) is 0 Å². The SMILES string of the molecule is Cc1ccc(N2C(=O)COCC2=O)c(N)c1. The van der Waals surface area contributed by atoms with Gasteiger partial charge in [0.2, 0.25) is 0 Å². The summed E-state index contributed by atoms with van der Waals surface area (Å²) in [6.07, 6.45) is 0. The Morgan fingerprint density at radius 2 is 1.88 bits per heavy atom. The summed E-state index contributed by atoms with van der Waals surface area (Å²) in [5.74, 6) is -0.765. The van der Waals surface area contributed by atoms with Crippen molar-refractivity contribution in [1.82, 2.24) is 0 Å². The second-order valence-corrected chi connectivity index (χ2v) is 3.68. The van der Waals surface area contributed by atoms with Crippen LogP contribution >= 0.6 is 0 Å². The highest BCUT2D eigenvalue weighted by Crippen LogP contribution is 2.25. The number of nitrogens with zero attached hydrogens (tertiary/aromatic N) is 1. The third-order valence-corrected chi connectivity index (χ3v) is 2.37. The Morgan fingerprint density at radius 1 is 1.25 bits per heavy atom. The molecule has 1 aromatic carbocycles. The number of hydrogen-bond acceptors (Lipinski definition) is 4. The molecular weight excluding hydrogens is 208 g/mol. The van der Waals surface area contributed by atoms with Crippen molar-refractivity contribution in [3.8, 4) is 0 Å². The fourth-order valence-electron chi connectivity index (χ4n) is 1.64. The van der Waals surface area contributed by atoms with Crippen LogP contribution in [-0.2, 0) is 14.3 Å². The number of nitrogen functional groups attached to an aromatic ring is 1. The quantitative estimate of drug-likeness (QED) is 0.551. The number of hydrogen-bond donors (Lipinski definition) is 1. The van der Waals surface area contributed by atoms with Gasteiger partial charge in [-0.05, 0) is 24.6 Å². The van der Waals surface area contributed by atoms with E-state index in [2.05, 4.69) is 0 Å². The van der Waals surface area contributed by atoms with E-state index in [0.29, 0.717) is 11.4 Å². The lowest BCUT2D eigenvalue weighted by Gasteiger charge is -2.26. The summed E-state index contributed by atoms with van der Waals surface area (Å²) in [6, 6.07) is 5.21. The first-order chi connectivity index (χ1) is 7.59. The normalized spacial score (nSPS) is 16.7. The Labute approximate surface area is 92.8 Å². The van der Waals surface area contributed by atoms with Crippen molar-refractivity contribution in [2.75, 3.05) is 23.8 Å². The minimum Gasteiger partial charge on any atom is -0.397 e. The van der Waals surface area contributed by atoms with Crippen molar-refractivity contribution in [3.05, 3.63) is 23.8 Å². The van der Waals surface area contributed by atoms with Gasteiger partial charge in [0.25, 0.3) is 11.8 Å². The summed E-state index contributed by atoms with van der Waals surface area (Å²) < 4.78 is 4.83. The van der Waals surface area contributed by atoms with Crippen molar-refractivity contribution in [3.63, 3.8) is 0 Å². The van der Waals surface area contributed by atoms with Crippen LogP contribution in [0.1, 0.15) is 5.56 Å². The molecule has 1 aliphatic heterocycles. The molecule has 0 spiro atoms. The highest BCUT2D eigenvalue weighted by Gasteiger charge is 2.29. The zero-order chi connectivity index (χ0) is 11.7. The van der Waals surface area contributed by atoms with Crippen LogP contribution in [0.15, 0.2) is 18.2 Å². The molecule has 0 saturated carbocycles. The van der Waals surface area contributed by atoms with Gasteiger partial charge in [-0.2, -0.15) is 0 Å². The van der Waals surface area contributed by atoms with Crippen LogP contribution in [0.3, 0.4) is 0 Å². The number of amides is 2. The van der Waals surface area contributed by atoms with E-state index in [-0.39, 0.29) is 25.0 Å². The van der Waals surface area contributed by atoms with Gasteiger partial charge in [0.15, 0.2) is 0 Å². The van der Waals surface area contributed by atoms with E-state index >= 15 is 0 Å². The Kier molecular flexibility index (Phi) is 2.62. The number of anilines is 2. The molecule has 84 valence electrons. The fraction of sp³-hybridized carbons (Fsp3) is 0.273.